The van der Waals surface area contributed by atoms with Crippen molar-refractivity contribution in [3.8, 4) is 0 Å². The fraction of sp³-hybridized carbons (Fsp3) is 0.500. The predicted molar refractivity (Wildman–Crippen MR) is 112 cm³/mol. The maximum atomic E-state index is 12.4. The largest absolute Gasteiger partial charge is 0.351 e. The number of aromatic nitrogens is 2. The van der Waals surface area contributed by atoms with E-state index in [0.717, 1.165) is 31.0 Å². The molecule has 1 saturated heterocycles. The molecule has 0 atom stereocenters. The van der Waals surface area contributed by atoms with Gasteiger partial charge in [0.15, 0.2) is 0 Å². The van der Waals surface area contributed by atoms with Crippen LogP contribution in [0.3, 0.4) is 0 Å². The smallest absolute Gasteiger partial charge is 0.251 e. The van der Waals surface area contributed by atoms with Crippen molar-refractivity contribution in [2.45, 2.75) is 45.2 Å². The zero-order valence-corrected chi connectivity index (χ0v) is 16.8. The highest BCUT2D eigenvalue weighted by atomic mass is 16.2. The van der Waals surface area contributed by atoms with Crippen molar-refractivity contribution < 1.29 is 9.59 Å². The summed E-state index contributed by atoms with van der Waals surface area (Å²) in [6.45, 7) is 4.98. The first-order valence-electron chi connectivity index (χ1n) is 10.6. The van der Waals surface area contributed by atoms with Crippen molar-refractivity contribution in [3.05, 3.63) is 47.7 Å². The van der Waals surface area contributed by atoms with Crippen molar-refractivity contribution in [3.63, 3.8) is 0 Å². The zero-order chi connectivity index (χ0) is 20.1. The molecule has 1 aromatic heterocycles. The average molecular weight is 396 g/mol. The van der Waals surface area contributed by atoms with Crippen molar-refractivity contribution >= 4 is 17.6 Å². The van der Waals surface area contributed by atoms with Crippen LogP contribution in [-0.2, 0) is 17.9 Å². The quantitative estimate of drug-likeness (QED) is 0.816. The third-order valence-electron chi connectivity index (χ3n) is 5.78. The van der Waals surface area contributed by atoms with E-state index in [2.05, 4.69) is 15.3 Å². The highest BCUT2D eigenvalue weighted by Crippen LogP contribution is 2.23. The maximum Gasteiger partial charge on any atom is 0.251 e. The van der Waals surface area contributed by atoms with E-state index in [1.807, 2.05) is 35.0 Å². The molecule has 7 nitrogen and oxygen atoms in total. The molecule has 0 spiro atoms. The minimum Gasteiger partial charge on any atom is -0.351 e. The number of carbonyl (C=O) groups excluding carboxylic acids is 2. The third-order valence-corrected chi connectivity index (χ3v) is 5.78. The van der Waals surface area contributed by atoms with Gasteiger partial charge in [-0.15, -0.1) is 0 Å². The Balaban J connectivity index is 1.30. The van der Waals surface area contributed by atoms with Crippen LogP contribution in [0.1, 0.15) is 48.0 Å². The van der Waals surface area contributed by atoms with Gasteiger partial charge in [0.25, 0.3) is 5.91 Å². The number of amides is 2. The molecule has 0 unspecified atom stereocenters. The average Bonchev–Trinajstić information content (AvgIpc) is 3.06. The van der Waals surface area contributed by atoms with Gasteiger partial charge in [-0.1, -0.05) is 25.0 Å². The molecular formula is C22H29N5O2. The topological polar surface area (TPSA) is 70.5 Å². The summed E-state index contributed by atoms with van der Waals surface area (Å²) >= 11 is 0. The lowest BCUT2D eigenvalue weighted by atomic mass is 10.1. The summed E-state index contributed by atoms with van der Waals surface area (Å²) in [7, 11) is 0. The fourth-order valence-electron chi connectivity index (χ4n) is 4.09. The zero-order valence-electron chi connectivity index (χ0n) is 16.8. The fourth-order valence-corrected chi connectivity index (χ4v) is 4.09. The van der Waals surface area contributed by atoms with E-state index in [0.29, 0.717) is 31.6 Å². The molecule has 2 amide bonds. The van der Waals surface area contributed by atoms with E-state index >= 15 is 0 Å². The monoisotopic (exact) mass is 395 g/mol. The lowest BCUT2D eigenvalue weighted by molar-refractivity contribution is -0.119. The number of hydrogen-bond donors (Lipinski definition) is 1. The van der Waals surface area contributed by atoms with Gasteiger partial charge in [0.2, 0.25) is 5.91 Å². The third kappa shape index (κ3) is 4.85. The van der Waals surface area contributed by atoms with Crippen molar-refractivity contribution in [2.24, 2.45) is 0 Å². The molecule has 2 aliphatic heterocycles. The normalized spacial score (nSPS) is 17.7. The molecule has 1 fully saturated rings. The molecule has 7 heteroatoms. The maximum absolute atomic E-state index is 12.4. The number of hydrogen-bond acceptors (Lipinski definition) is 4. The standard InChI is InChI=1S/C22H29N5O2/c28-21-10-15-27-20(9-11-24-27)26(21)17-18-5-7-19(8-6-18)22(29)23-12-16-25-13-3-1-2-4-14-25/h5-9,11H,1-4,10,12-17H2,(H,23,29). The Morgan fingerprint density at radius 1 is 1.00 bits per heavy atom. The van der Waals surface area contributed by atoms with Crippen LogP contribution in [0.15, 0.2) is 36.5 Å². The van der Waals surface area contributed by atoms with Gasteiger partial charge in [-0.05, 0) is 43.6 Å². The lowest BCUT2D eigenvalue weighted by Crippen LogP contribution is -2.37. The number of likely N-dealkylation sites (tertiary alicyclic amines) is 1. The number of benzene rings is 1. The Labute approximate surface area is 171 Å². The summed E-state index contributed by atoms with van der Waals surface area (Å²) in [5.74, 6) is 0.892. The second kappa shape index (κ2) is 9.22. The van der Waals surface area contributed by atoms with Crippen LogP contribution in [0, 0.1) is 0 Å². The highest BCUT2D eigenvalue weighted by molar-refractivity contribution is 5.95. The van der Waals surface area contributed by atoms with E-state index in [-0.39, 0.29) is 11.8 Å². The molecular weight excluding hydrogens is 366 g/mol. The second-order valence-corrected chi connectivity index (χ2v) is 7.85. The summed E-state index contributed by atoms with van der Waals surface area (Å²) in [4.78, 5) is 29.0. The number of aryl methyl sites for hydroxylation is 1. The number of nitrogens with one attached hydrogen (secondary N) is 1. The summed E-state index contributed by atoms with van der Waals surface area (Å²) in [6.07, 6.45) is 7.35. The number of anilines is 1. The molecule has 4 rings (SSSR count). The summed E-state index contributed by atoms with van der Waals surface area (Å²) in [6, 6.07) is 9.38. The molecule has 2 aliphatic rings. The summed E-state index contributed by atoms with van der Waals surface area (Å²) < 4.78 is 1.85. The molecule has 3 heterocycles. The Morgan fingerprint density at radius 3 is 2.52 bits per heavy atom. The first-order valence-corrected chi connectivity index (χ1v) is 10.6. The van der Waals surface area contributed by atoms with Crippen LogP contribution in [-0.4, -0.2) is 52.7 Å². The Kier molecular flexibility index (Phi) is 6.24. The summed E-state index contributed by atoms with van der Waals surface area (Å²) in [5.41, 5.74) is 1.65. The minimum atomic E-state index is -0.0431. The highest BCUT2D eigenvalue weighted by Gasteiger charge is 2.24. The second-order valence-electron chi connectivity index (χ2n) is 7.85. The number of fused-ring (bicyclic) bond motifs is 1. The van der Waals surface area contributed by atoms with Crippen LogP contribution >= 0.6 is 0 Å². The van der Waals surface area contributed by atoms with Gasteiger partial charge in [0.05, 0.1) is 19.3 Å². The number of carbonyl (C=O) groups is 2. The summed E-state index contributed by atoms with van der Waals surface area (Å²) in [5, 5.41) is 7.28. The van der Waals surface area contributed by atoms with E-state index in [4.69, 9.17) is 0 Å². The molecule has 154 valence electrons. The van der Waals surface area contributed by atoms with Gasteiger partial charge >= 0.3 is 0 Å². The van der Waals surface area contributed by atoms with Crippen LogP contribution in [0.2, 0.25) is 0 Å². The van der Waals surface area contributed by atoms with Gasteiger partial charge in [-0.3, -0.25) is 14.5 Å². The number of nitrogens with zero attached hydrogens (tertiary/aromatic N) is 4. The predicted octanol–water partition coefficient (Wildman–Crippen LogP) is 2.43. The van der Waals surface area contributed by atoms with Crippen molar-refractivity contribution in [1.29, 1.82) is 0 Å². The lowest BCUT2D eigenvalue weighted by Gasteiger charge is -2.27. The van der Waals surface area contributed by atoms with Crippen molar-refractivity contribution in [1.82, 2.24) is 20.0 Å². The molecule has 0 bridgehead atoms. The molecule has 2 aromatic rings. The Morgan fingerprint density at radius 2 is 1.76 bits per heavy atom. The van der Waals surface area contributed by atoms with Gasteiger partial charge < -0.3 is 10.2 Å². The van der Waals surface area contributed by atoms with Crippen LogP contribution in [0.5, 0.6) is 0 Å². The van der Waals surface area contributed by atoms with Gasteiger partial charge in [0.1, 0.15) is 5.82 Å². The molecule has 0 radical (unpaired) electrons. The Hall–Kier alpha value is -2.67. The van der Waals surface area contributed by atoms with Crippen LogP contribution < -0.4 is 10.2 Å². The van der Waals surface area contributed by atoms with E-state index in [9.17, 15) is 9.59 Å². The van der Waals surface area contributed by atoms with Gasteiger partial charge in [-0.25, -0.2) is 4.68 Å². The first kappa shape index (κ1) is 19.6. The molecule has 29 heavy (non-hydrogen) atoms. The Bertz CT molecular complexity index is 837. The number of rotatable bonds is 6. The molecule has 0 saturated carbocycles. The van der Waals surface area contributed by atoms with E-state index < -0.39 is 0 Å². The van der Waals surface area contributed by atoms with Crippen LogP contribution in [0.25, 0.3) is 0 Å². The van der Waals surface area contributed by atoms with Gasteiger partial charge in [-0.2, -0.15) is 5.10 Å². The first-order chi connectivity index (χ1) is 14.2. The molecule has 1 aromatic carbocycles. The minimum absolute atomic E-state index is 0.0431. The van der Waals surface area contributed by atoms with Crippen LogP contribution in [0.4, 0.5) is 5.82 Å². The molecule has 0 aliphatic carbocycles. The van der Waals surface area contributed by atoms with Crippen molar-refractivity contribution in [2.75, 3.05) is 31.1 Å². The van der Waals surface area contributed by atoms with E-state index in [1.54, 1.807) is 11.1 Å². The SMILES string of the molecule is O=C(NCCN1CCCCCC1)c1ccc(CN2C(=O)CCn3nccc32)cc1. The van der Waals surface area contributed by atoms with Gasteiger partial charge in [0, 0.05) is 31.1 Å². The van der Waals surface area contributed by atoms with E-state index in [1.165, 1.54) is 25.7 Å². The molecule has 1 N–H and O–H groups in total.